The lowest BCUT2D eigenvalue weighted by atomic mass is 10.1. The molecule has 0 radical (unpaired) electrons. The maximum Gasteiger partial charge on any atom is 0.279 e. The monoisotopic (exact) mass is 327 g/mol. The largest absolute Gasteiger partial charge is 0.346 e. The fourth-order valence-corrected chi connectivity index (χ4v) is 3.00. The SMILES string of the molecule is CN(C)C[C@@H](NC(=O)[C@H]1CSC(=O)N1)c1ccc(Cl)cc1. The molecule has 114 valence electrons. The lowest BCUT2D eigenvalue weighted by molar-refractivity contribution is -0.123. The highest BCUT2D eigenvalue weighted by Gasteiger charge is 2.29. The van der Waals surface area contributed by atoms with Crippen LogP contribution in [-0.2, 0) is 4.79 Å². The van der Waals surface area contributed by atoms with Crippen LogP contribution in [0.3, 0.4) is 0 Å². The lowest BCUT2D eigenvalue weighted by Crippen LogP contribution is -2.46. The molecule has 1 aromatic rings. The van der Waals surface area contributed by atoms with Crippen molar-refractivity contribution in [3.63, 3.8) is 0 Å². The fraction of sp³-hybridized carbons (Fsp3) is 0.429. The molecule has 5 nitrogen and oxygen atoms in total. The molecule has 1 fully saturated rings. The van der Waals surface area contributed by atoms with Crippen molar-refractivity contribution >= 4 is 34.5 Å². The molecule has 2 N–H and O–H groups in total. The van der Waals surface area contributed by atoms with E-state index in [9.17, 15) is 9.59 Å². The predicted molar refractivity (Wildman–Crippen MR) is 85.7 cm³/mol. The van der Waals surface area contributed by atoms with Crippen LogP contribution in [0.15, 0.2) is 24.3 Å². The first-order valence-electron chi connectivity index (χ1n) is 6.59. The van der Waals surface area contributed by atoms with Gasteiger partial charge in [0.25, 0.3) is 5.24 Å². The van der Waals surface area contributed by atoms with Gasteiger partial charge in [-0.1, -0.05) is 35.5 Å². The third-order valence-electron chi connectivity index (χ3n) is 3.13. The van der Waals surface area contributed by atoms with Gasteiger partial charge in [0.15, 0.2) is 0 Å². The summed E-state index contributed by atoms with van der Waals surface area (Å²) in [7, 11) is 3.89. The van der Waals surface area contributed by atoms with E-state index in [1.807, 2.05) is 31.1 Å². The van der Waals surface area contributed by atoms with Crippen molar-refractivity contribution < 1.29 is 9.59 Å². The van der Waals surface area contributed by atoms with Gasteiger partial charge < -0.3 is 15.5 Å². The molecule has 0 aliphatic carbocycles. The maximum absolute atomic E-state index is 12.2. The maximum atomic E-state index is 12.2. The fourth-order valence-electron chi connectivity index (χ4n) is 2.09. The molecule has 1 heterocycles. The summed E-state index contributed by atoms with van der Waals surface area (Å²) in [6.45, 7) is 0.668. The molecular formula is C14H18ClN3O2S. The topological polar surface area (TPSA) is 61.4 Å². The lowest BCUT2D eigenvalue weighted by Gasteiger charge is -2.24. The van der Waals surface area contributed by atoms with Crippen LogP contribution >= 0.6 is 23.4 Å². The summed E-state index contributed by atoms with van der Waals surface area (Å²) in [5.41, 5.74) is 0.985. The number of thioether (sulfide) groups is 1. The normalized spacial score (nSPS) is 19.4. The molecule has 0 saturated carbocycles. The third kappa shape index (κ3) is 4.62. The van der Waals surface area contributed by atoms with Gasteiger partial charge in [0.05, 0.1) is 6.04 Å². The van der Waals surface area contributed by atoms with Gasteiger partial charge in [-0.15, -0.1) is 0 Å². The van der Waals surface area contributed by atoms with Gasteiger partial charge in [0, 0.05) is 17.3 Å². The first-order valence-corrected chi connectivity index (χ1v) is 7.96. The smallest absolute Gasteiger partial charge is 0.279 e. The first-order chi connectivity index (χ1) is 9.95. The van der Waals surface area contributed by atoms with Gasteiger partial charge in [-0.05, 0) is 31.8 Å². The summed E-state index contributed by atoms with van der Waals surface area (Å²) in [6, 6.07) is 6.81. The van der Waals surface area contributed by atoms with E-state index in [0.29, 0.717) is 17.3 Å². The van der Waals surface area contributed by atoms with Crippen molar-refractivity contribution in [2.24, 2.45) is 0 Å². The minimum absolute atomic E-state index is 0.146. The van der Waals surface area contributed by atoms with Crippen LogP contribution in [-0.4, -0.2) is 48.5 Å². The van der Waals surface area contributed by atoms with Crippen LogP contribution in [0.25, 0.3) is 0 Å². The van der Waals surface area contributed by atoms with E-state index in [2.05, 4.69) is 10.6 Å². The zero-order valence-corrected chi connectivity index (χ0v) is 13.5. The van der Waals surface area contributed by atoms with Crippen LogP contribution in [0.5, 0.6) is 0 Å². The molecule has 2 atom stereocenters. The second-order valence-electron chi connectivity index (χ2n) is 5.17. The summed E-state index contributed by atoms with van der Waals surface area (Å²) in [5.74, 6) is 0.315. The quantitative estimate of drug-likeness (QED) is 0.867. The molecular weight excluding hydrogens is 310 g/mol. The van der Waals surface area contributed by atoms with Crippen molar-refractivity contribution in [3.05, 3.63) is 34.9 Å². The number of carbonyl (C=O) groups is 2. The van der Waals surface area contributed by atoms with Gasteiger partial charge in [-0.25, -0.2) is 0 Å². The molecule has 1 aliphatic heterocycles. The van der Waals surface area contributed by atoms with E-state index in [0.717, 1.165) is 17.3 Å². The van der Waals surface area contributed by atoms with Gasteiger partial charge in [0.1, 0.15) is 6.04 Å². The molecule has 1 aromatic carbocycles. The number of rotatable bonds is 5. The zero-order chi connectivity index (χ0) is 15.4. The van der Waals surface area contributed by atoms with Gasteiger partial charge in [-0.2, -0.15) is 0 Å². The highest BCUT2D eigenvalue weighted by atomic mass is 35.5. The van der Waals surface area contributed by atoms with E-state index in [-0.39, 0.29) is 17.2 Å². The summed E-state index contributed by atoms with van der Waals surface area (Å²) in [4.78, 5) is 25.4. The van der Waals surface area contributed by atoms with Crippen molar-refractivity contribution in [2.75, 3.05) is 26.4 Å². The van der Waals surface area contributed by atoms with Crippen molar-refractivity contribution in [3.8, 4) is 0 Å². The van der Waals surface area contributed by atoms with Crippen LogP contribution in [0, 0.1) is 0 Å². The Morgan fingerprint density at radius 2 is 2.14 bits per heavy atom. The molecule has 7 heteroatoms. The number of hydrogen-bond acceptors (Lipinski definition) is 4. The number of nitrogens with zero attached hydrogens (tertiary/aromatic N) is 1. The van der Waals surface area contributed by atoms with Crippen LogP contribution < -0.4 is 10.6 Å². The Labute approximate surface area is 133 Å². The van der Waals surface area contributed by atoms with E-state index < -0.39 is 6.04 Å². The van der Waals surface area contributed by atoms with Gasteiger partial charge >= 0.3 is 0 Å². The van der Waals surface area contributed by atoms with E-state index in [1.165, 1.54) is 0 Å². The minimum Gasteiger partial charge on any atom is -0.346 e. The van der Waals surface area contributed by atoms with Crippen LogP contribution in [0.2, 0.25) is 5.02 Å². The number of benzene rings is 1. The van der Waals surface area contributed by atoms with E-state index in [1.54, 1.807) is 12.1 Å². The number of carbonyl (C=O) groups excluding carboxylic acids is 2. The zero-order valence-electron chi connectivity index (χ0n) is 11.9. The first kappa shape index (κ1) is 16.1. The van der Waals surface area contributed by atoms with Crippen LogP contribution in [0.4, 0.5) is 4.79 Å². The standard InChI is InChI=1S/C14H18ClN3O2S/c1-18(2)7-11(9-3-5-10(15)6-4-9)16-13(19)12-8-21-14(20)17-12/h3-6,11-12H,7-8H2,1-2H3,(H,16,19)(H,17,20)/t11-,12-/m1/s1. The summed E-state index contributed by atoms with van der Waals surface area (Å²) < 4.78 is 0. The Balaban J connectivity index is 2.07. The number of likely N-dealkylation sites (N-methyl/N-ethyl adjacent to an activating group) is 1. The van der Waals surface area contributed by atoms with Crippen molar-refractivity contribution in [2.45, 2.75) is 12.1 Å². The molecule has 21 heavy (non-hydrogen) atoms. The Kier molecular flexibility index (Phi) is 5.50. The second kappa shape index (κ2) is 7.15. The Morgan fingerprint density at radius 1 is 1.48 bits per heavy atom. The molecule has 0 unspecified atom stereocenters. The number of hydrogen-bond donors (Lipinski definition) is 2. The summed E-state index contributed by atoms with van der Waals surface area (Å²) in [5, 5.41) is 6.16. The van der Waals surface area contributed by atoms with Gasteiger partial charge in [-0.3, -0.25) is 9.59 Å². The number of halogens is 1. The second-order valence-corrected chi connectivity index (χ2v) is 6.60. The molecule has 2 rings (SSSR count). The Hall–Kier alpha value is -1.24. The number of nitrogens with one attached hydrogen (secondary N) is 2. The summed E-state index contributed by atoms with van der Waals surface area (Å²) >= 11 is 7.03. The third-order valence-corrected chi connectivity index (χ3v) is 4.26. The highest BCUT2D eigenvalue weighted by molar-refractivity contribution is 8.14. The van der Waals surface area contributed by atoms with Gasteiger partial charge in [0.2, 0.25) is 5.91 Å². The van der Waals surface area contributed by atoms with Crippen LogP contribution in [0.1, 0.15) is 11.6 Å². The van der Waals surface area contributed by atoms with E-state index in [4.69, 9.17) is 11.6 Å². The Morgan fingerprint density at radius 3 is 2.67 bits per heavy atom. The molecule has 2 amide bonds. The average Bonchev–Trinajstić information content (AvgIpc) is 2.85. The molecule has 1 aliphatic rings. The Bertz CT molecular complexity index is 521. The average molecular weight is 328 g/mol. The molecule has 0 spiro atoms. The minimum atomic E-state index is -0.459. The molecule has 1 saturated heterocycles. The molecule has 0 aromatic heterocycles. The highest BCUT2D eigenvalue weighted by Crippen LogP contribution is 2.19. The van der Waals surface area contributed by atoms with E-state index >= 15 is 0 Å². The van der Waals surface area contributed by atoms with Crippen molar-refractivity contribution in [1.29, 1.82) is 0 Å². The molecule has 0 bridgehead atoms. The predicted octanol–water partition coefficient (Wildman–Crippen LogP) is 1.88. The summed E-state index contributed by atoms with van der Waals surface area (Å²) in [6.07, 6.45) is 0. The van der Waals surface area contributed by atoms with Crippen molar-refractivity contribution in [1.82, 2.24) is 15.5 Å². The number of amides is 2.